The summed E-state index contributed by atoms with van der Waals surface area (Å²) in [7, 11) is 0. The maximum atomic E-state index is 13.4. The maximum absolute atomic E-state index is 13.4. The first-order chi connectivity index (χ1) is 20.7. The first kappa shape index (κ1) is 32.1. The van der Waals surface area contributed by atoms with Gasteiger partial charge in [-0.1, -0.05) is 81.0 Å². The van der Waals surface area contributed by atoms with Crippen LogP contribution in [0.5, 0.6) is 5.75 Å². The van der Waals surface area contributed by atoms with E-state index in [0.717, 1.165) is 43.4 Å². The molecule has 1 fully saturated rings. The number of halogens is 1. The van der Waals surface area contributed by atoms with Crippen molar-refractivity contribution < 1.29 is 33.8 Å². The Morgan fingerprint density at radius 2 is 1.81 bits per heavy atom. The molecular formula is C32H40ClN3O7. The number of nitrogens with one attached hydrogen (secondary N) is 2. The van der Waals surface area contributed by atoms with Gasteiger partial charge in [-0.3, -0.25) is 9.59 Å². The first-order valence-corrected chi connectivity index (χ1v) is 15.3. The number of amides is 3. The fraction of sp³-hybridized carbons (Fsp3) is 0.500. The minimum absolute atomic E-state index is 0.0342. The fourth-order valence-electron chi connectivity index (χ4n) is 5.72. The van der Waals surface area contributed by atoms with Gasteiger partial charge in [0, 0.05) is 23.0 Å². The number of ether oxygens (including phenoxy) is 2. The van der Waals surface area contributed by atoms with Gasteiger partial charge in [0.15, 0.2) is 0 Å². The Labute approximate surface area is 257 Å². The summed E-state index contributed by atoms with van der Waals surface area (Å²) in [6.45, 7) is 2.68. The van der Waals surface area contributed by atoms with Crippen molar-refractivity contribution in [1.82, 2.24) is 15.5 Å². The molecule has 3 unspecified atom stereocenters. The van der Waals surface area contributed by atoms with Gasteiger partial charge in [-0.05, 0) is 42.5 Å². The lowest BCUT2D eigenvalue weighted by atomic mass is 9.84. The molecule has 0 aromatic heterocycles. The van der Waals surface area contributed by atoms with Gasteiger partial charge in [0.2, 0.25) is 11.8 Å². The second-order valence-electron chi connectivity index (χ2n) is 11.4. The monoisotopic (exact) mass is 613 g/mol. The van der Waals surface area contributed by atoms with Crippen molar-refractivity contribution in [1.29, 1.82) is 0 Å². The highest BCUT2D eigenvalue weighted by Crippen LogP contribution is 2.28. The maximum Gasteiger partial charge on any atom is 0.408 e. The van der Waals surface area contributed by atoms with Gasteiger partial charge < -0.3 is 30.1 Å². The van der Waals surface area contributed by atoms with Crippen molar-refractivity contribution >= 4 is 35.5 Å². The minimum Gasteiger partial charge on any atom is -0.491 e. The van der Waals surface area contributed by atoms with Crippen LogP contribution in [0.3, 0.4) is 0 Å². The summed E-state index contributed by atoms with van der Waals surface area (Å²) in [6.07, 6.45) is 4.56. The third-order valence-electron chi connectivity index (χ3n) is 8.05. The molecule has 2 aliphatic rings. The highest BCUT2D eigenvalue weighted by molar-refractivity contribution is 6.30. The summed E-state index contributed by atoms with van der Waals surface area (Å²) in [6, 6.07) is 12.1. The molecule has 1 aliphatic heterocycles. The van der Waals surface area contributed by atoms with E-state index >= 15 is 0 Å². The lowest BCUT2D eigenvalue weighted by Crippen LogP contribution is -2.53. The summed E-state index contributed by atoms with van der Waals surface area (Å²) in [5, 5.41) is 15.7. The Morgan fingerprint density at radius 1 is 1.05 bits per heavy atom. The zero-order valence-corrected chi connectivity index (χ0v) is 25.2. The number of carboxylic acid groups (broad SMARTS) is 1. The Hall–Kier alpha value is -3.79. The van der Waals surface area contributed by atoms with Crippen LogP contribution in [0.25, 0.3) is 0 Å². The molecule has 2 aromatic rings. The van der Waals surface area contributed by atoms with E-state index in [9.17, 15) is 24.3 Å². The van der Waals surface area contributed by atoms with Crippen LogP contribution >= 0.6 is 11.6 Å². The summed E-state index contributed by atoms with van der Waals surface area (Å²) in [4.78, 5) is 53.4. The molecule has 1 saturated carbocycles. The highest BCUT2D eigenvalue weighted by atomic mass is 35.5. The van der Waals surface area contributed by atoms with E-state index in [1.165, 1.54) is 0 Å². The van der Waals surface area contributed by atoms with Gasteiger partial charge in [0.25, 0.3) is 0 Å². The van der Waals surface area contributed by atoms with Gasteiger partial charge in [-0.15, -0.1) is 0 Å². The van der Waals surface area contributed by atoms with Crippen molar-refractivity contribution in [3.05, 3.63) is 64.7 Å². The third-order valence-corrected chi connectivity index (χ3v) is 8.29. The number of rotatable bonds is 11. The SMILES string of the molecule is CC(CC(NC(=O)C(CC1CCCCC1)NC(=O)OCc1cccc(Cl)c1)C(=O)O)C(=O)N1CCOc2ccccc2C1. The van der Waals surface area contributed by atoms with E-state index in [4.69, 9.17) is 21.1 Å². The van der Waals surface area contributed by atoms with Gasteiger partial charge in [-0.2, -0.15) is 0 Å². The number of alkyl carbamates (subject to hydrolysis) is 1. The van der Waals surface area contributed by atoms with Gasteiger partial charge in [0.05, 0.1) is 6.54 Å². The smallest absolute Gasteiger partial charge is 0.408 e. The molecule has 1 aliphatic carbocycles. The van der Waals surface area contributed by atoms with E-state index in [2.05, 4.69) is 10.6 Å². The molecule has 3 N–H and O–H groups in total. The number of fused-ring (bicyclic) bond motifs is 1. The van der Waals surface area contributed by atoms with Crippen LogP contribution < -0.4 is 15.4 Å². The molecule has 4 rings (SSSR count). The highest BCUT2D eigenvalue weighted by Gasteiger charge is 2.33. The molecule has 10 nitrogen and oxygen atoms in total. The van der Waals surface area contributed by atoms with Crippen LogP contribution in [-0.2, 0) is 32.3 Å². The molecule has 0 bridgehead atoms. The molecule has 0 radical (unpaired) electrons. The Bertz CT molecular complexity index is 1280. The minimum atomic E-state index is -1.32. The Kier molecular flexibility index (Phi) is 11.7. The van der Waals surface area contributed by atoms with Gasteiger partial charge in [-0.25, -0.2) is 9.59 Å². The zero-order valence-electron chi connectivity index (χ0n) is 24.4. The molecule has 3 atom stereocenters. The van der Waals surface area contributed by atoms with E-state index in [-0.39, 0.29) is 24.9 Å². The van der Waals surface area contributed by atoms with Crippen molar-refractivity contribution in [2.45, 2.75) is 77.1 Å². The largest absolute Gasteiger partial charge is 0.491 e. The summed E-state index contributed by atoms with van der Waals surface area (Å²) >= 11 is 6.01. The zero-order chi connectivity index (χ0) is 30.8. The number of hydrogen-bond acceptors (Lipinski definition) is 6. The molecule has 3 amide bonds. The lowest BCUT2D eigenvalue weighted by Gasteiger charge is -2.28. The van der Waals surface area contributed by atoms with Gasteiger partial charge >= 0.3 is 12.1 Å². The molecular weight excluding hydrogens is 574 g/mol. The molecule has 1 heterocycles. The quantitative estimate of drug-likeness (QED) is 0.327. The van der Waals surface area contributed by atoms with Crippen molar-refractivity contribution in [3.63, 3.8) is 0 Å². The summed E-state index contributed by atoms with van der Waals surface area (Å²) in [5.41, 5.74) is 1.57. The normalized spacial score (nSPS) is 17.3. The van der Waals surface area contributed by atoms with Crippen molar-refractivity contribution in [2.24, 2.45) is 11.8 Å². The molecule has 43 heavy (non-hydrogen) atoms. The second kappa shape index (κ2) is 15.6. The van der Waals surface area contributed by atoms with Crippen LogP contribution in [0, 0.1) is 11.8 Å². The second-order valence-corrected chi connectivity index (χ2v) is 11.8. The van der Waals surface area contributed by atoms with Crippen LogP contribution in [0.2, 0.25) is 5.02 Å². The summed E-state index contributed by atoms with van der Waals surface area (Å²) in [5.74, 6) is -1.83. The lowest BCUT2D eigenvalue weighted by molar-refractivity contribution is -0.144. The standard InChI is InChI=1S/C32H40ClN3O7/c1-21(30(38)36-14-15-42-28-13-6-5-11-24(28)19-36)16-27(31(39)40)34-29(37)26(18-22-8-3-2-4-9-22)35-32(41)43-20-23-10-7-12-25(33)17-23/h5-7,10-13,17,21-22,26-27H,2-4,8-9,14-16,18-20H2,1H3,(H,34,37)(H,35,41)(H,39,40). The number of carboxylic acids is 1. The van der Waals surface area contributed by atoms with Crippen molar-refractivity contribution in [3.8, 4) is 5.75 Å². The van der Waals surface area contributed by atoms with Gasteiger partial charge in [0.1, 0.15) is 31.0 Å². The topological polar surface area (TPSA) is 134 Å². The average Bonchev–Trinajstić information content (AvgIpc) is 3.22. The van der Waals surface area contributed by atoms with Crippen LogP contribution in [0.15, 0.2) is 48.5 Å². The number of aliphatic carboxylic acids is 1. The summed E-state index contributed by atoms with van der Waals surface area (Å²) < 4.78 is 11.1. The molecule has 11 heteroatoms. The van der Waals surface area contributed by atoms with E-state index in [1.807, 2.05) is 24.3 Å². The number of carbonyl (C=O) groups is 4. The van der Waals surface area contributed by atoms with E-state index in [0.29, 0.717) is 36.7 Å². The molecule has 0 saturated heterocycles. The van der Waals surface area contributed by atoms with E-state index < -0.39 is 36.0 Å². The molecule has 0 spiro atoms. The van der Waals surface area contributed by atoms with Crippen LogP contribution in [-0.4, -0.2) is 59.1 Å². The Balaban J connectivity index is 1.38. The first-order valence-electron chi connectivity index (χ1n) is 14.9. The number of para-hydroxylation sites is 1. The third kappa shape index (κ3) is 9.61. The van der Waals surface area contributed by atoms with Crippen LogP contribution in [0.4, 0.5) is 4.79 Å². The number of hydrogen-bond donors (Lipinski definition) is 3. The number of nitrogens with zero attached hydrogens (tertiary/aromatic N) is 1. The predicted molar refractivity (Wildman–Crippen MR) is 160 cm³/mol. The Morgan fingerprint density at radius 3 is 2.56 bits per heavy atom. The number of benzene rings is 2. The van der Waals surface area contributed by atoms with E-state index in [1.54, 1.807) is 36.1 Å². The predicted octanol–water partition coefficient (Wildman–Crippen LogP) is 4.92. The molecule has 2 aromatic carbocycles. The number of carbonyl (C=O) groups excluding carboxylic acids is 3. The fourth-order valence-corrected chi connectivity index (χ4v) is 5.93. The molecule has 232 valence electrons. The van der Waals surface area contributed by atoms with Crippen molar-refractivity contribution in [2.75, 3.05) is 13.2 Å². The average molecular weight is 614 g/mol. The van der Waals surface area contributed by atoms with Crippen LogP contribution in [0.1, 0.15) is 63.0 Å².